The van der Waals surface area contributed by atoms with Crippen molar-refractivity contribution in [2.24, 2.45) is 0 Å². The Labute approximate surface area is 166 Å². The second kappa shape index (κ2) is 8.26. The molecule has 28 heavy (non-hydrogen) atoms. The summed E-state index contributed by atoms with van der Waals surface area (Å²) in [7, 11) is 0. The number of carbonyl (C=O) groups is 1. The lowest BCUT2D eigenvalue weighted by atomic mass is 9.92. The lowest BCUT2D eigenvalue weighted by Crippen LogP contribution is -2.06. The number of aryl methyl sites for hydroxylation is 1. The summed E-state index contributed by atoms with van der Waals surface area (Å²) >= 11 is 0. The molecule has 3 aromatic carbocycles. The maximum absolute atomic E-state index is 13.2. The minimum Gasteiger partial charge on any atom is -0.355 e. The minimum atomic E-state index is 0.108. The molecule has 140 valence electrons. The third kappa shape index (κ3) is 3.63. The van der Waals surface area contributed by atoms with E-state index in [1.165, 1.54) is 18.4 Å². The van der Waals surface area contributed by atoms with E-state index in [1.54, 1.807) is 0 Å². The van der Waals surface area contributed by atoms with E-state index in [0.717, 1.165) is 46.1 Å². The molecular formula is C26H25NO. The summed E-state index contributed by atoms with van der Waals surface area (Å²) < 4.78 is 0. The molecule has 4 aromatic rings. The van der Waals surface area contributed by atoms with Crippen LogP contribution in [-0.4, -0.2) is 10.8 Å². The molecule has 0 saturated heterocycles. The van der Waals surface area contributed by atoms with Gasteiger partial charge in [0.05, 0.1) is 0 Å². The quantitative estimate of drug-likeness (QED) is 0.283. The Morgan fingerprint density at radius 2 is 1.57 bits per heavy atom. The highest BCUT2D eigenvalue weighted by Crippen LogP contribution is 2.30. The zero-order chi connectivity index (χ0) is 19.3. The highest BCUT2D eigenvalue weighted by Gasteiger charge is 2.17. The van der Waals surface area contributed by atoms with Gasteiger partial charge in [-0.15, -0.1) is 0 Å². The molecule has 1 heterocycles. The molecule has 0 atom stereocenters. The zero-order valence-corrected chi connectivity index (χ0v) is 16.2. The molecule has 2 nitrogen and oxygen atoms in total. The van der Waals surface area contributed by atoms with Crippen molar-refractivity contribution in [3.8, 4) is 11.3 Å². The van der Waals surface area contributed by atoms with Crippen molar-refractivity contribution in [2.75, 3.05) is 0 Å². The average molecular weight is 367 g/mol. The van der Waals surface area contributed by atoms with Crippen LogP contribution in [0.1, 0.15) is 47.7 Å². The second-order valence-electron chi connectivity index (χ2n) is 7.25. The fourth-order valence-corrected chi connectivity index (χ4v) is 3.82. The van der Waals surface area contributed by atoms with Crippen molar-refractivity contribution >= 4 is 16.7 Å². The van der Waals surface area contributed by atoms with Gasteiger partial charge in [0.1, 0.15) is 0 Å². The van der Waals surface area contributed by atoms with Gasteiger partial charge in [-0.2, -0.15) is 0 Å². The molecule has 0 unspecified atom stereocenters. The molecule has 0 aliphatic heterocycles. The van der Waals surface area contributed by atoms with Crippen LogP contribution in [-0.2, 0) is 6.42 Å². The van der Waals surface area contributed by atoms with Crippen LogP contribution in [0.15, 0.2) is 78.9 Å². The predicted octanol–water partition coefficient (Wildman–Crippen LogP) is 6.80. The molecule has 1 N–H and O–H groups in total. The smallest absolute Gasteiger partial charge is 0.193 e. The Bertz CT molecular complexity index is 1080. The van der Waals surface area contributed by atoms with Crippen LogP contribution >= 0.6 is 0 Å². The van der Waals surface area contributed by atoms with Gasteiger partial charge in [0, 0.05) is 27.7 Å². The number of aromatic amines is 1. The van der Waals surface area contributed by atoms with Crippen LogP contribution in [0.5, 0.6) is 0 Å². The van der Waals surface area contributed by atoms with Crippen LogP contribution in [0.2, 0.25) is 0 Å². The van der Waals surface area contributed by atoms with Gasteiger partial charge in [0.25, 0.3) is 0 Å². The SMILES string of the molecule is CCCCCc1c(C(=O)c2ccccc2)ccc2[nH]c(-c3ccccc3)cc12. The van der Waals surface area contributed by atoms with Gasteiger partial charge in [0.2, 0.25) is 0 Å². The topological polar surface area (TPSA) is 32.9 Å². The first kappa shape index (κ1) is 18.2. The number of H-pyrrole nitrogens is 1. The summed E-state index contributed by atoms with van der Waals surface area (Å²) in [5.41, 5.74) is 6.09. The number of benzene rings is 3. The Balaban J connectivity index is 1.82. The molecule has 1 aromatic heterocycles. The first-order valence-corrected chi connectivity index (χ1v) is 10.1. The molecule has 0 aliphatic rings. The van der Waals surface area contributed by atoms with Gasteiger partial charge in [-0.05, 0) is 42.2 Å². The van der Waals surface area contributed by atoms with E-state index in [1.807, 2.05) is 60.7 Å². The van der Waals surface area contributed by atoms with E-state index in [0.29, 0.717) is 0 Å². The van der Waals surface area contributed by atoms with Crippen molar-refractivity contribution in [1.29, 1.82) is 0 Å². The maximum Gasteiger partial charge on any atom is 0.193 e. The number of unbranched alkanes of at least 4 members (excludes halogenated alkanes) is 2. The number of carbonyl (C=O) groups excluding carboxylic acids is 1. The van der Waals surface area contributed by atoms with E-state index < -0.39 is 0 Å². The fraction of sp³-hybridized carbons (Fsp3) is 0.192. The monoisotopic (exact) mass is 367 g/mol. The van der Waals surface area contributed by atoms with Crippen molar-refractivity contribution in [3.63, 3.8) is 0 Å². The summed E-state index contributed by atoms with van der Waals surface area (Å²) in [5.74, 6) is 0.108. The van der Waals surface area contributed by atoms with Crippen molar-refractivity contribution in [2.45, 2.75) is 32.6 Å². The third-order valence-corrected chi connectivity index (χ3v) is 5.31. The Morgan fingerprint density at radius 1 is 0.857 bits per heavy atom. The van der Waals surface area contributed by atoms with E-state index >= 15 is 0 Å². The molecular weight excluding hydrogens is 342 g/mol. The number of fused-ring (bicyclic) bond motifs is 1. The van der Waals surface area contributed by atoms with E-state index in [2.05, 4.69) is 30.1 Å². The van der Waals surface area contributed by atoms with E-state index in [-0.39, 0.29) is 5.78 Å². The lowest BCUT2D eigenvalue weighted by Gasteiger charge is -2.11. The normalized spacial score (nSPS) is 11.0. The van der Waals surface area contributed by atoms with Crippen LogP contribution in [0.4, 0.5) is 0 Å². The first-order valence-electron chi connectivity index (χ1n) is 10.1. The molecule has 0 spiro atoms. The average Bonchev–Trinajstić information content (AvgIpc) is 3.19. The Hall–Kier alpha value is -3.13. The van der Waals surface area contributed by atoms with Crippen molar-refractivity contribution < 1.29 is 4.79 Å². The maximum atomic E-state index is 13.2. The number of nitrogens with one attached hydrogen (secondary N) is 1. The highest BCUT2D eigenvalue weighted by atomic mass is 16.1. The van der Waals surface area contributed by atoms with Crippen LogP contribution < -0.4 is 0 Å². The first-order chi connectivity index (χ1) is 13.8. The zero-order valence-electron chi connectivity index (χ0n) is 16.2. The third-order valence-electron chi connectivity index (χ3n) is 5.31. The molecule has 0 bridgehead atoms. The van der Waals surface area contributed by atoms with Gasteiger partial charge in [0.15, 0.2) is 5.78 Å². The van der Waals surface area contributed by atoms with Crippen LogP contribution in [0.25, 0.3) is 22.2 Å². The van der Waals surface area contributed by atoms with Gasteiger partial charge in [-0.25, -0.2) is 0 Å². The Kier molecular flexibility index (Phi) is 5.38. The van der Waals surface area contributed by atoms with Crippen molar-refractivity contribution in [3.05, 3.63) is 95.6 Å². The predicted molar refractivity (Wildman–Crippen MR) is 117 cm³/mol. The summed E-state index contributed by atoms with van der Waals surface area (Å²) in [6.07, 6.45) is 4.35. The molecule has 0 radical (unpaired) electrons. The fourth-order valence-electron chi connectivity index (χ4n) is 3.82. The van der Waals surface area contributed by atoms with E-state index in [4.69, 9.17) is 0 Å². The summed E-state index contributed by atoms with van der Waals surface area (Å²) in [5, 5.41) is 1.16. The van der Waals surface area contributed by atoms with Gasteiger partial charge in [-0.1, -0.05) is 80.4 Å². The van der Waals surface area contributed by atoms with Crippen molar-refractivity contribution in [1.82, 2.24) is 4.98 Å². The molecule has 0 saturated carbocycles. The highest BCUT2D eigenvalue weighted by molar-refractivity contribution is 6.12. The summed E-state index contributed by atoms with van der Waals surface area (Å²) in [6, 6.07) is 26.2. The molecule has 0 fully saturated rings. The standard InChI is InChI=1S/C26H25NO/c1-2-3-6-15-21-22(26(28)20-13-9-5-10-14-20)16-17-24-23(21)18-25(27-24)19-11-7-4-8-12-19/h4-5,7-14,16-18,27H,2-3,6,15H2,1H3. The largest absolute Gasteiger partial charge is 0.355 e. The second-order valence-corrected chi connectivity index (χ2v) is 7.25. The van der Waals surface area contributed by atoms with Gasteiger partial charge >= 0.3 is 0 Å². The minimum absolute atomic E-state index is 0.108. The summed E-state index contributed by atoms with van der Waals surface area (Å²) in [4.78, 5) is 16.7. The van der Waals surface area contributed by atoms with Crippen LogP contribution in [0, 0.1) is 0 Å². The molecule has 0 amide bonds. The van der Waals surface area contributed by atoms with Gasteiger partial charge in [-0.3, -0.25) is 4.79 Å². The Morgan fingerprint density at radius 3 is 2.29 bits per heavy atom. The number of aromatic nitrogens is 1. The molecule has 2 heteroatoms. The van der Waals surface area contributed by atoms with E-state index in [9.17, 15) is 4.79 Å². The number of rotatable bonds is 7. The number of hydrogen-bond acceptors (Lipinski definition) is 1. The lowest BCUT2D eigenvalue weighted by molar-refractivity contribution is 0.103. The molecule has 4 rings (SSSR count). The van der Waals surface area contributed by atoms with Gasteiger partial charge < -0.3 is 4.98 Å². The van der Waals surface area contributed by atoms with Crippen LogP contribution in [0.3, 0.4) is 0 Å². The number of ketones is 1. The molecule has 0 aliphatic carbocycles. The number of hydrogen-bond donors (Lipinski definition) is 1. The summed E-state index contributed by atoms with van der Waals surface area (Å²) in [6.45, 7) is 2.21.